The number of carbonyl (C=O) groups is 4. The quantitative estimate of drug-likeness (QED) is 0.0844. The molecule has 0 aliphatic carbocycles. The van der Waals surface area contributed by atoms with E-state index in [-0.39, 0.29) is 41.3 Å². The number of thioether (sulfide) groups is 2. The van der Waals surface area contributed by atoms with Crippen molar-refractivity contribution in [2.24, 2.45) is 5.16 Å². The Morgan fingerprint density at radius 2 is 2.24 bits per heavy atom. The number of aliphatic hydroxyl groups is 1. The van der Waals surface area contributed by atoms with Gasteiger partial charge in [-0.1, -0.05) is 16.9 Å². The summed E-state index contributed by atoms with van der Waals surface area (Å²) in [5.41, 5.74) is 5.85. The van der Waals surface area contributed by atoms with Crippen molar-refractivity contribution >= 4 is 75.9 Å². The zero-order valence-electron chi connectivity index (χ0n) is 19.5. The van der Waals surface area contributed by atoms with E-state index in [0.29, 0.717) is 16.9 Å². The number of aliphatic hydroxyl groups excluding tert-OH is 1. The number of carbonyl (C=O) groups excluding carboxylic acids is 3. The van der Waals surface area contributed by atoms with E-state index >= 15 is 0 Å². The van der Waals surface area contributed by atoms with E-state index in [2.05, 4.69) is 35.8 Å². The molecule has 2 aliphatic rings. The van der Waals surface area contributed by atoms with E-state index in [4.69, 9.17) is 10.8 Å². The van der Waals surface area contributed by atoms with Crippen LogP contribution in [0.25, 0.3) is 0 Å². The summed E-state index contributed by atoms with van der Waals surface area (Å²) in [6.45, 7) is 0.0179. The van der Waals surface area contributed by atoms with Gasteiger partial charge in [0.1, 0.15) is 23.3 Å². The first-order valence-electron chi connectivity index (χ1n) is 10.6. The number of carboxylic acids is 1. The van der Waals surface area contributed by atoms with Crippen molar-refractivity contribution in [2.45, 2.75) is 23.1 Å². The van der Waals surface area contributed by atoms with Crippen LogP contribution in [0, 0.1) is 0 Å². The summed E-state index contributed by atoms with van der Waals surface area (Å²) in [4.78, 5) is 59.8. The second-order valence-electron chi connectivity index (χ2n) is 7.54. The van der Waals surface area contributed by atoms with Crippen LogP contribution in [0.5, 0.6) is 0 Å². The summed E-state index contributed by atoms with van der Waals surface area (Å²) >= 11 is 3.59. The minimum absolute atomic E-state index is 0.161. The van der Waals surface area contributed by atoms with Gasteiger partial charge in [0.2, 0.25) is 5.16 Å². The lowest BCUT2D eigenvalue weighted by molar-refractivity contribution is -0.150. The standard InChI is InChI=1S/C18H20N10O7S3/c1-26(9-7-37-16(19)21-9)18(34)35-20-4-10(30)22-11-13(31)28-12(15(32)33)8(5-36-14(11)28)6-38-17-23-24-25-27(17)2-3-29/h4,7,11,14,29H,2-3,5-6H2,1H3,(H2,19,21)(H,22,30)(H,32,33)/b20-4+. The van der Waals surface area contributed by atoms with Crippen LogP contribution in [0.2, 0.25) is 0 Å². The zero-order valence-corrected chi connectivity index (χ0v) is 21.9. The van der Waals surface area contributed by atoms with Gasteiger partial charge >= 0.3 is 12.1 Å². The minimum atomic E-state index is -1.28. The van der Waals surface area contributed by atoms with Crippen molar-refractivity contribution in [3.05, 3.63) is 16.7 Å². The van der Waals surface area contributed by atoms with Crippen LogP contribution in [0.1, 0.15) is 0 Å². The van der Waals surface area contributed by atoms with Crippen LogP contribution in [-0.2, 0) is 25.8 Å². The van der Waals surface area contributed by atoms with Gasteiger partial charge in [-0.25, -0.2) is 19.3 Å². The molecule has 202 valence electrons. The molecule has 0 bridgehead atoms. The van der Waals surface area contributed by atoms with E-state index in [1.807, 2.05) is 0 Å². The molecule has 38 heavy (non-hydrogen) atoms. The molecule has 0 saturated carbocycles. The van der Waals surface area contributed by atoms with Crippen LogP contribution in [0.15, 0.2) is 27.0 Å². The second kappa shape index (κ2) is 11.8. The maximum absolute atomic E-state index is 12.8. The van der Waals surface area contributed by atoms with E-state index in [1.165, 1.54) is 40.6 Å². The Labute approximate surface area is 226 Å². The molecule has 4 rings (SSSR count). The van der Waals surface area contributed by atoms with Crippen LogP contribution in [0.3, 0.4) is 0 Å². The van der Waals surface area contributed by atoms with Crippen LogP contribution in [0.4, 0.5) is 15.7 Å². The average molecular weight is 585 g/mol. The zero-order chi connectivity index (χ0) is 27.4. The molecule has 2 aromatic rings. The molecule has 4 heterocycles. The number of anilines is 2. The highest BCUT2D eigenvalue weighted by molar-refractivity contribution is 8.01. The molecule has 20 heteroatoms. The number of nitrogens with zero attached hydrogens (tertiary/aromatic N) is 8. The third kappa shape index (κ3) is 5.71. The number of nitrogens with two attached hydrogens (primary N) is 1. The summed E-state index contributed by atoms with van der Waals surface area (Å²) in [5.74, 6) is -1.96. The Bertz CT molecular complexity index is 1310. The first kappa shape index (κ1) is 27.3. The number of hydrogen-bond donors (Lipinski definition) is 4. The Morgan fingerprint density at radius 1 is 1.45 bits per heavy atom. The fraction of sp³-hybridized carbons (Fsp3) is 0.389. The number of aliphatic carboxylic acids is 1. The van der Waals surface area contributed by atoms with E-state index in [0.717, 1.165) is 21.1 Å². The molecule has 5 N–H and O–H groups in total. The molecule has 17 nitrogen and oxygen atoms in total. The van der Waals surface area contributed by atoms with Gasteiger partial charge in [-0.05, 0) is 16.0 Å². The van der Waals surface area contributed by atoms with Crippen molar-refractivity contribution < 1.29 is 34.2 Å². The van der Waals surface area contributed by atoms with Crippen LogP contribution >= 0.6 is 34.9 Å². The molecular formula is C18H20N10O7S3. The van der Waals surface area contributed by atoms with Gasteiger partial charge in [0.05, 0.1) is 13.2 Å². The van der Waals surface area contributed by atoms with E-state index in [1.54, 1.807) is 0 Å². The maximum Gasteiger partial charge on any atom is 0.441 e. The van der Waals surface area contributed by atoms with Crippen LogP contribution in [-0.4, -0.2) is 107 Å². The number of hydrogen-bond acceptors (Lipinski definition) is 15. The summed E-state index contributed by atoms with van der Waals surface area (Å²) in [7, 11) is 1.38. The predicted molar refractivity (Wildman–Crippen MR) is 135 cm³/mol. The van der Waals surface area contributed by atoms with Crippen molar-refractivity contribution in [1.82, 2.24) is 35.4 Å². The monoisotopic (exact) mass is 584 g/mol. The average Bonchev–Trinajstić information content (AvgIpc) is 3.53. The van der Waals surface area contributed by atoms with Gasteiger partial charge in [0, 0.05) is 23.9 Å². The molecule has 3 amide bonds. The molecule has 2 aliphatic heterocycles. The van der Waals surface area contributed by atoms with Crippen molar-refractivity contribution in [1.29, 1.82) is 0 Å². The molecule has 0 spiro atoms. The van der Waals surface area contributed by atoms with Gasteiger partial charge in [-0.15, -0.1) is 28.2 Å². The molecule has 0 aromatic carbocycles. The normalized spacial score (nSPS) is 18.8. The van der Waals surface area contributed by atoms with Gasteiger partial charge in [0.15, 0.2) is 10.9 Å². The second-order valence-corrected chi connectivity index (χ2v) is 10.5. The number of carboxylic acid groups (broad SMARTS) is 1. The van der Waals surface area contributed by atoms with Crippen LogP contribution < -0.4 is 16.0 Å². The third-order valence-electron chi connectivity index (χ3n) is 5.16. The Hall–Kier alpha value is -3.75. The van der Waals surface area contributed by atoms with E-state index < -0.39 is 35.3 Å². The lowest BCUT2D eigenvalue weighted by atomic mass is 10.0. The summed E-state index contributed by atoms with van der Waals surface area (Å²) in [5, 5.41) is 37.4. The lowest BCUT2D eigenvalue weighted by Crippen LogP contribution is -2.70. The number of tetrazole rings is 1. The predicted octanol–water partition coefficient (Wildman–Crippen LogP) is -1.21. The SMILES string of the molecule is CN(C(=O)O/N=C/C(=O)NC1C(=O)N2C(C(=O)O)=C(CSc3nnnn3CCO)CSC12)c1csc(N)n1. The van der Waals surface area contributed by atoms with Gasteiger partial charge < -0.3 is 21.3 Å². The number of nitrogens with one attached hydrogen (secondary N) is 1. The number of aromatic nitrogens is 5. The van der Waals surface area contributed by atoms with Crippen molar-refractivity contribution in [2.75, 3.05) is 35.8 Å². The molecular weight excluding hydrogens is 564 g/mol. The number of oxime groups is 1. The largest absolute Gasteiger partial charge is 0.477 e. The molecule has 1 fully saturated rings. The highest BCUT2D eigenvalue weighted by Gasteiger charge is 2.54. The topological polar surface area (TPSA) is 231 Å². The Balaban J connectivity index is 1.33. The number of rotatable bonds is 10. The highest BCUT2D eigenvalue weighted by atomic mass is 32.2. The molecule has 0 radical (unpaired) electrons. The first-order valence-corrected chi connectivity index (χ1v) is 13.5. The third-order valence-corrected chi connectivity index (χ3v) is 8.21. The molecule has 2 aromatic heterocycles. The minimum Gasteiger partial charge on any atom is -0.477 e. The molecule has 2 atom stereocenters. The number of amides is 3. The van der Waals surface area contributed by atoms with Crippen molar-refractivity contribution in [3.63, 3.8) is 0 Å². The van der Waals surface area contributed by atoms with Gasteiger partial charge in [0.25, 0.3) is 11.8 Å². The fourth-order valence-corrected chi connectivity index (χ4v) is 6.35. The smallest absolute Gasteiger partial charge is 0.441 e. The summed E-state index contributed by atoms with van der Waals surface area (Å²) in [6.07, 6.45) is -0.225. The fourth-order valence-electron chi connectivity index (χ4n) is 3.38. The summed E-state index contributed by atoms with van der Waals surface area (Å²) in [6, 6.07) is -0.990. The number of thiazole rings is 1. The van der Waals surface area contributed by atoms with Gasteiger partial charge in [-0.2, -0.15) is 0 Å². The lowest BCUT2D eigenvalue weighted by Gasteiger charge is -2.49. The molecule has 1 saturated heterocycles. The Kier molecular flexibility index (Phi) is 8.44. The number of fused-ring (bicyclic) bond motifs is 1. The first-order chi connectivity index (χ1) is 18.2. The Morgan fingerprint density at radius 3 is 2.92 bits per heavy atom. The van der Waals surface area contributed by atoms with E-state index in [9.17, 15) is 24.3 Å². The van der Waals surface area contributed by atoms with Gasteiger partial charge in [-0.3, -0.25) is 24.2 Å². The highest BCUT2D eigenvalue weighted by Crippen LogP contribution is 2.41. The maximum atomic E-state index is 12.8. The summed E-state index contributed by atoms with van der Waals surface area (Å²) < 4.78 is 1.39. The molecule has 2 unspecified atom stereocenters. The number of nitrogen functional groups attached to an aromatic ring is 1. The van der Waals surface area contributed by atoms with Crippen molar-refractivity contribution in [3.8, 4) is 0 Å². The number of β-lactam (4-membered cyclic amide) rings is 1.